The van der Waals surface area contributed by atoms with Crippen LogP contribution in [-0.4, -0.2) is 42.0 Å². The van der Waals surface area contributed by atoms with E-state index in [1.165, 1.54) is 38.6 Å². The maximum absolute atomic E-state index is 12.5. The molecule has 4 fully saturated rings. The maximum Gasteiger partial charge on any atom is 0.225 e. The molecular formula is C15H27Cl2N3O. The van der Waals surface area contributed by atoms with Crippen molar-refractivity contribution in [2.24, 2.45) is 23.5 Å². The molecular weight excluding hydrogens is 309 g/mol. The molecule has 0 spiro atoms. The number of carbonyl (C=O) groups is 1. The second-order valence-corrected chi connectivity index (χ2v) is 7.16. The van der Waals surface area contributed by atoms with Crippen LogP contribution in [0.3, 0.4) is 0 Å². The zero-order valence-electron chi connectivity index (χ0n) is 12.4. The third kappa shape index (κ3) is 3.19. The summed E-state index contributed by atoms with van der Waals surface area (Å²) >= 11 is 0. The summed E-state index contributed by atoms with van der Waals surface area (Å²) in [4.78, 5) is 15.0. The summed E-state index contributed by atoms with van der Waals surface area (Å²) in [5.74, 6) is 1.55. The Morgan fingerprint density at radius 1 is 1.05 bits per heavy atom. The zero-order valence-corrected chi connectivity index (χ0v) is 14.0. The van der Waals surface area contributed by atoms with Gasteiger partial charge in [-0.05, 0) is 50.4 Å². The molecule has 3 saturated carbocycles. The second-order valence-electron chi connectivity index (χ2n) is 7.16. The topological polar surface area (TPSA) is 58.4 Å². The summed E-state index contributed by atoms with van der Waals surface area (Å²) in [6.45, 7) is 2.23. The van der Waals surface area contributed by atoms with Gasteiger partial charge in [-0.15, -0.1) is 24.8 Å². The minimum atomic E-state index is 0. The number of likely N-dealkylation sites (tertiary alicyclic amines) is 1. The molecule has 21 heavy (non-hydrogen) atoms. The van der Waals surface area contributed by atoms with Gasteiger partial charge in [-0.2, -0.15) is 0 Å². The summed E-state index contributed by atoms with van der Waals surface area (Å²) in [5, 5.41) is 3.29. The first-order valence-electron chi connectivity index (χ1n) is 8.02. The average Bonchev–Trinajstić information content (AvgIpc) is 2.84. The minimum Gasteiger partial charge on any atom is -0.352 e. The highest BCUT2D eigenvalue weighted by Gasteiger charge is 2.49. The van der Waals surface area contributed by atoms with Crippen LogP contribution >= 0.6 is 24.8 Å². The number of carbonyl (C=O) groups excluding carboxylic acids is 1. The lowest BCUT2D eigenvalue weighted by atomic mass is 9.84. The van der Waals surface area contributed by atoms with Crippen LogP contribution < -0.4 is 11.1 Å². The molecule has 122 valence electrons. The molecule has 5 unspecified atom stereocenters. The van der Waals surface area contributed by atoms with Gasteiger partial charge in [-0.1, -0.05) is 0 Å². The Balaban J connectivity index is 0.000000807. The van der Waals surface area contributed by atoms with E-state index in [0.29, 0.717) is 17.9 Å². The Bertz CT molecular complexity index is 389. The molecule has 2 bridgehead atoms. The van der Waals surface area contributed by atoms with Crippen LogP contribution in [0.5, 0.6) is 0 Å². The predicted octanol–water partition coefficient (Wildman–Crippen LogP) is 1.56. The van der Waals surface area contributed by atoms with E-state index in [1.54, 1.807) is 0 Å². The average molecular weight is 336 g/mol. The van der Waals surface area contributed by atoms with E-state index in [4.69, 9.17) is 5.73 Å². The Hall–Kier alpha value is -0.0300. The Morgan fingerprint density at radius 2 is 1.76 bits per heavy atom. The molecule has 4 rings (SSSR count). The van der Waals surface area contributed by atoms with Gasteiger partial charge in [0, 0.05) is 31.2 Å². The molecule has 1 aliphatic heterocycles. The standard InChI is InChI=1S/C15H25N3O.2ClH/c16-14-10-2-1-9(7-10)13(14)15(19)17-11-5-6-18(8-11)12-3-4-12;;/h9-14H,1-8,16H2,(H,17,19);2*1H. The van der Waals surface area contributed by atoms with Crippen molar-refractivity contribution < 1.29 is 4.79 Å². The SMILES string of the molecule is Cl.Cl.NC1C2CCC(C2)C1C(=O)NC1CCN(C2CC2)C1. The monoisotopic (exact) mass is 335 g/mol. The van der Waals surface area contributed by atoms with Gasteiger partial charge in [-0.25, -0.2) is 0 Å². The summed E-state index contributed by atoms with van der Waals surface area (Å²) in [7, 11) is 0. The van der Waals surface area contributed by atoms with Crippen LogP contribution in [0.2, 0.25) is 0 Å². The summed E-state index contributed by atoms with van der Waals surface area (Å²) in [6, 6.07) is 1.32. The number of amides is 1. The first-order valence-corrected chi connectivity index (χ1v) is 8.02. The smallest absolute Gasteiger partial charge is 0.225 e. The van der Waals surface area contributed by atoms with Gasteiger partial charge >= 0.3 is 0 Å². The Kier molecular flexibility index (Phi) is 5.45. The second kappa shape index (κ2) is 6.61. The van der Waals surface area contributed by atoms with Gasteiger partial charge in [0.15, 0.2) is 0 Å². The molecule has 0 aromatic heterocycles. The fourth-order valence-electron chi connectivity index (χ4n) is 4.70. The number of nitrogens with zero attached hydrogens (tertiary/aromatic N) is 1. The number of nitrogens with one attached hydrogen (secondary N) is 1. The van der Waals surface area contributed by atoms with E-state index in [-0.39, 0.29) is 42.7 Å². The van der Waals surface area contributed by atoms with E-state index in [9.17, 15) is 4.79 Å². The van der Waals surface area contributed by atoms with Gasteiger partial charge in [0.05, 0.1) is 5.92 Å². The molecule has 3 N–H and O–H groups in total. The molecule has 1 heterocycles. The first-order chi connectivity index (χ1) is 9.22. The van der Waals surface area contributed by atoms with E-state index in [2.05, 4.69) is 10.2 Å². The van der Waals surface area contributed by atoms with Crippen LogP contribution in [0.4, 0.5) is 0 Å². The van der Waals surface area contributed by atoms with Gasteiger partial charge < -0.3 is 11.1 Å². The fourth-order valence-corrected chi connectivity index (χ4v) is 4.70. The van der Waals surface area contributed by atoms with Crippen molar-refractivity contribution in [2.45, 2.75) is 56.7 Å². The van der Waals surface area contributed by atoms with Crippen molar-refractivity contribution in [3.8, 4) is 0 Å². The molecule has 1 amide bonds. The molecule has 0 aromatic carbocycles. The number of fused-ring (bicyclic) bond motifs is 2. The van der Waals surface area contributed by atoms with Gasteiger partial charge in [0.1, 0.15) is 0 Å². The number of rotatable bonds is 3. The van der Waals surface area contributed by atoms with Gasteiger partial charge in [0.2, 0.25) is 5.91 Å². The third-order valence-corrected chi connectivity index (χ3v) is 5.91. The van der Waals surface area contributed by atoms with Crippen molar-refractivity contribution in [1.82, 2.24) is 10.2 Å². The lowest BCUT2D eigenvalue weighted by molar-refractivity contribution is -0.127. The number of hydrogen-bond donors (Lipinski definition) is 2. The Morgan fingerprint density at radius 3 is 2.38 bits per heavy atom. The number of halogens is 2. The summed E-state index contributed by atoms with van der Waals surface area (Å²) < 4.78 is 0. The summed E-state index contributed by atoms with van der Waals surface area (Å²) in [5.41, 5.74) is 6.25. The van der Waals surface area contributed by atoms with E-state index in [1.807, 2.05) is 0 Å². The minimum absolute atomic E-state index is 0. The Labute approximate surface area is 139 Å². The number of hydrogen-bond acceptors (Lipinski definition) is 3. The fraction of sp³-hybridized carbons (Fsp3) is 0.933. The molecule has 1 saturated heterocycles. The van der Waals surface area contributed by atoms with Gasteiger partial charge in [0.25, 0.3) is 0 Å². The van der Waals surface area contributed by atoms with Crippen molar-refractivity contribution in [1.29, 1.82) is 0 Å². The van der Waals surface area contributed by atoms with Crippen LogP contribution in [0, 0.1) is 17.8 Å². The van der Waals surface area contributed by atoms with E-state index in [0.717, 1.165) is 19.0 Å². The van der Waals surface area contributed by atoms with Crippen molar-refractivity contribution >= 4 is 30.7 Å². The maximum atomic E-state index is 12.5. The number of nitrogens with two attached hydrogens (primary N) is 1. The lowest BCUT2D eigenvalue weighted by Crippen LogP contribution is -2.48. The lowest BCUT2D eigenvalue weighted by Gasteiger charge is -2.28. The van der Waals surface area contributed by atoms with E-state index >= 15 is 0 Å². The molecule has 5 atom stereocenters. The van der Waals surface area contributed by atoms with Crippen LogP contribution in [0.25, 0.3) is 0 Å². The van der Waals surface area contributed by atoms with E-state index < -0.39 is 0 Å². The molecule has 4 nitrogen and oxygen atoms in total. The predicted molar refractivity (Wildman–Crippen MR) is 87.9 cm³/mol. The van der Waals surface area contributed by atoms with Crippen LogP contribution in [0.1, 0.15) is 38.5 Å². The normalized spacial score (nSPS) is 41.5. The highest BCUT2D eigenvalue weighted by atomic mass is 35.5. The molecule has 0 radical (unpaired) electrons. The van der Waals surface area contributed by atoms with Crippen LogP contribution in [0.15, 0.2) is 0 Å². The molecule has 4 aliphatic rings. The highest BCUT2D eigenvalue weighted by Crippen LogP contribution is 2.47. The van der Waals surface area contributed by atoms with Crippen LogP contribution in [-0.2, 0) is 4.79 Å². The zero-order chi connectivity index (χ0) is 13.0. The molecule has 6 heteroatoms. The summed E-state index contributed by atoms with van der Waals surface area (Å²) in [6.07, 6.45) is 7.50. The quantitative estimate of drug-likeness (QED) is 0.822. The van der Waals surface area contributed by atoms with Crippen molar-refractivity contribution in [3.05, 3.63) is 0 Å². The molecule has 0 aromatic rings. The van der Waals surface area contributed by atoms with Crippen molar-refractivity contribution in [2.75, 3.05) is 13.1 Å². The highest BCUT2D eigenvalue weighted by molar-refractivity contribution is 5.85. The van der Waals surface area contributed by atoms with Gasteiger partial charge in [-0.3, -0.25) is 9.69 Å². The largest absolute Gasteiger partial charge is 0.352 e. The first kappa shape index (κ1) is 17.3. The third-order valence-electron chi connectivity index (χ3n) is 5.91. The molecule has 3 aliphatic carbocycles. The van der Waals surface area contributed by atoms with Crippen molar-refractivity contribution in [3.63, 3.8) is 0 Å².